The Balaban J connectivity index is 0. The summed E-state index contributed by atoms with van der Waals surface area (Å²) in [6, 6.07) is -1.96. The van der Waals surface area contributed by atoms with Gasteiger partial charge in [0, 0.05) is 56.9 Å². The number of nitrogens with zero attached hydrogens (tertiary/aromatic N) is 2. The third-order valence-electron chi connectivity index (χ3n) is 6.19. The molecule has 2 atom stereocenters. The standard InChI is InChI=1S/C25H43N5O8S.2C2H6/c1-25(2,3)9-7-20(32)29-10-12-30(13-11-29)21(33)8-14-39-16-18(23(36)27-15-22(34)35)28-19(31)6-5-17(26-4)24(37)38;2*1-2/h17-18,26H,5-16H2,1-4H3,(H,27,36)(H,28,31)(H,34,35)(H,37,38);2*1-2H3. The molecular formula is C29H55N5O8S. The van der Waals surface area contributed by atoms with E-state index < -0.39 is 42.4 Å². The molecule has 0 bridgehead atoms. The Hall–Kier alpha value is -2.87. The molecule has 2 unspecified atom stereocenters. The number of hydrogen-bond acceptors (Lipinski definition) is 8. The van der Waals surface area contributed by atoms with Crippen LogP contribution in [0.4, 0.5) is 0 Å². The fraction of sp³-hybridized carbons (Fsp3) is 0.793. The molecule has 250 valence electrons. The monoisotopic (exact) mass is 633 g/mol. The first-order chi connectivity index (χ1) is 20.2. The van der Waals surface area contributed by atoms with E-state index in [-0.39, 0.29) is 42.2 Å². The highest BCUT2D eigenvalue weighted by Crippen LogP contribution is 2.21. The van der Waals surface area contributed by atoms with Crippen molar-refractivity contribution in [3.63, 3.8) is 0 Å². The smallest absolute Gasteiger partial charge is 0.322 e. The summed E-state index contributed by atoms with van der Waals surface area (Å²) in [5, 5.41) is 25.2. The van der Waals surface area contributed by atoms with Gasteiger partial charge in [-0.25, -0.2) is 0 Å². The summed E-state index contributed by atoms with van der Waals surface area (Å²) in [5.41, 5.74) is 0.0831. The molecule has 1 fully saturated rings. The lowest BCUT2D eigenvalue weighted by Crippen LogP contribution is -2.51. The molecule has 4 amide bonds. The van der Waals surface area contributed by atoms with Gasteiger partial charge in [0.05, 0.1) is 0 Å². The average molecular weight is 634 g/mol. The molecular weight excluding hydrogens is 578 g/mol. The van der Waals surface area contributed by atoms with Crippen molar-refractivity contribution in [2.45, 2.75) is 92.7 Å². The van der Waals surface area contributed by atoms with Crippen molar-refractivity contribution in [1.82, 2.24) is 25.8 Å². The second-order valence-corrected chi connectivity index (χ2v) is 11.7. The Morgan fingerprint density at radius 1 is 0.814 bits per heavy atom. The predicted molar refractivity (Wildman–Crippen MR) is 169 cm³/mol. The van der Waals surface area contributed by atoms with E-state index in [1.807, 2.05) is 27.7 Å². The van der Waals surface area contributed by atoms with Gasteiger partial charge in [-0.3, -0.25) is 28.8 Å². The predicted octanol–water partition coefficient (Wildman–Crippen LogP) is 1.80. The molecule has 0 radical (unpaired) electrons. The van der Waals surface area contributed by atoms with Crippen LogP contribution in [0, 0.1) is 5.41 Å². The van der Waals surface area contributed by atoms with Crippen molar-refractivity contribution in [1.29, 1.82) is 0 Å². The molecule has 0 saturated carbocycles. The van der Waals surface area contributed by atoms with Crippen LogP contribution in [0.15, 0.2) is 0 Å². The van der Waals surface area contributed by atoms with Crippen molar-refractivity contribution < 1.29 is 39.0 Å². The van der Waals surface area contributed by atoms with Crippen LogP contribution in [0.1, 0.15) is 80.6 Å². The first-order valence-electron chi connectivity index (χ1n) is 15.1. The Morgan fingerprint density at radius 2 is 1.33 bits per heavy atom. The van der Waals surface area contributed by atoms with Gasteiger partial charge in [-0.15, -0.1) is 0 Å². The van der Waals surface area contributed by atoms with E-state index in [1.165, 1.54) is 18.8 Å². The van der Waals surface area contributed by atoms with Crippen molar-refractivity contribution in [2.75, 3.05) is 51.3 Å². The van der Waals surface area contributed by atoms with Crippen molar-refractivity contribution in [3.05, 3.63) is 0 Å². The number of carboxylic acid groups (broad SMARTS) is 2. The second-order valence-electron chi connectivity index (χ2n) is 10.6. The van der Waals surface area contributed by atoms with Crippen LogP contribution in [-0.2, 0) is 28.8 Å². The average Bonchev–Trinajstić information content (AvgIpc) is 2.97. The van der Waals surface area contributed by atoms with Gasteiger partial charge in [-0.05, 0) is 25.3 Å². The zero-order chi connectivity index (χ0) is 33.6. The van der Waals surface area contributed by atoms with Crippen LogP contribution in [0.2, 0.25) is 0 Å². The van der Waals surface area contributed by atoms with Crippen molar-refractivity contribution >= 4 is 47.3 Å². The summed E-state index contributed by atoms with van der Waals surface area (Å²) < 4.78 is 0. The Kier molecular flexibility index (Phi) is 23.2. The maximum absolute atomic E-state index is 12.6. The zero-order valence-corrected chi connectivity index (χ0v) is 28.1. The van der Waals surface area contributed by atoms with E-state index in [2.05, 4.69) is 36.7 Å². The van der Waals surface area contributed by atoms with Gasteiger partial charge in [0.15, 0.2) is 0 Å². The topological polar surface area (TPSA) is 185 Å². The van der Waals surface area contributed by atoms with Crippen molar-refractivity contribution in [3.8, 4) is 0 Å². The van der Waals surface area contributed by atoms with E-state index in [1.54, 1.807) is 9.80 Å². The summed E-state index contributed by atoms with van der Waals surface area (Å²) in [7, 11) is 1.46. The maximum atomic E-state index is 12.6. The Labute approximate surface area is 261 Å². The number of amides is 4. The number of thioether (sulfide) groups is 1. The molecule has 14 heteroatoms. The number of carbonyl (C=O) groups is 6. The largest absolute Gasteiger partial charge is 0.480 e. The van der Waals surface area contributed by atoms with Gasteiger partial charge in [0.25, 0.3) is 0 Å². The fourth-order valence-corrected chi connectivity index (χ4v) is 4.72. The molecule has 5 N–H and O–H groups in total. The lowest BCUT2D eigenvalue weighted by Gasteiger charge is -2.35. The van der Waals surface area contributed by atoms with Gasteiger partial charge in [-0.2, -0.15) is 11.8 Å². The molecule has 0 aromatic carbocycles. The molecule has 0 aliphatic carbocycles. The number of likely N-dealkylation sites (N-methyl/N-ethyl adjacent to an activating group) is 1. The van der Waals surface area contributed by atoms with Gasteiger partial charge in [0.2, 0.25) is 23.6 Å². The highest BCUT2D eigenvalue weighted by atomic mass is 32.2. The lowest BCUT2D eigenvalue weighted by molar-refractivity contribution is -0.139. The lowest BCUT2D eigenvalue weighted by atomic mass is 9.90. The highest BCUT2D eigenvalue weighted by Gasteiger charge is 2.26. The minimum atomic E-state index is -1.24. The van der Waals surface area contributed by atoms with Gasteiger partial charge in [0.1, 0.15) is 18.6 Å². The van der Waals surface area contributed by atoms with Crippen LogP contribution in [-0.4, -0.2) is 119 Å². The number of piperazine rings is 1. The number of carbonyl (C=O) groups excluding carboxylic acids is 4. The zero-order valence-electron chi connectivity index (χ0n) is 27.3. The summed E-state index contributed by atoms with van der Waals surface area (Å²) in [4.78, 5) is 75.2. The second kappa shape index (κ2) is 23.6. The summed E-state index contributed by atoms with van der Waals surface area (Å²) in [5.74, 6) is -3.04. The normalized spacial score (nSPS) is 14.1. The molecule has 1 aliphatic rings. The molecule has 1 aliphatic heterocycles. The molecule has 0 aromatic rings. The van der Waals surface area contributed by atoms with Gasteiger partial charge < -0.3 is 36.0 Å². The minimum Gasteiger partial charge on any atom is -0.480 e. The molecule has 1 rings (SSSR count). The molecule has 43 heavy (non-hydrogen) atoms. The van der Waals surface area contributed by atoms with Gasteiger partial charge in [-0.1, -0.05) is 48.5 Å². The highest BCUT2D eigenvalue weighted by molar-refractivity contribution is 7.99. The first kappa shape index (κ1) is 42.3. The minimum absolute atomic E-state index is 0.0121. The molecule has 0 spiro atoms. The quantitative estimate of drug-likeness (QED) is 0.157. The summed E-state index contributed by atoms with van der Waals surface area (Å²) >= 11 is 1.26. The van der Waals surface area contributed by atoms with Crippen LogP contribution in [0.5, 0.6) is 0 Å². The number of nitrogens with one attached hydrogen (secondary N) is 3. The van der Waals surface area contributed by atoms with Crippen LogP contribution in [0.25, 0.3) is 0 Å². The van der Waals surface area contributed by atoms with Crippen LogP contribution >= 0.6 is 11.8 Å². The first-order valence-corrected chi connectivity index (χ1v) is 16.2. The van der Waals surface area contributed by atoms with Crippen molar-refractivity contribution in [2.24, 2.45) is 5.41 Å². The van der Waals surface area contributed by atoms with E-state index in [0.29, 0.717) is 38.4 Å². The van der Waals surface area contributed by atoms with Gasteiger partial charge >= 0.3 is 11.9 Å². The van der Waals surface area contributed by atoms with E-state index in [4.69, 9.17) is 10.2 Å². The Morgan fingerprint density at radius 3 is 1.77 bits per heavy atom. The van der Waals surface area contributed by atoms with E-state index in [9.17, 15) is 28.8 Å². The SMILES string of the molecule is CC.CC.CNC(CCC(=O)NC(CSCCC(=O)N1CCN(C(=O)CCC(C)(C)C)CC1)C(=O)NCC(=O)O)C(=O)O. The molecule has 1 heterocycles. The summed E-state index contributed by atoms with van der Waals surface area (Å²) in [6.45, 7) is 15.6. The van der Waals surface area contributed by atoms with Crippen LogP contribution < -0.4 is 16.0 Å². The number of rotatable bonds is 16. The summed E-state index contributed by atoms with van der Waals surface area (Å²) in [6.07, 6.45) is 1.37. The number of aliphatic carboxylic acids is 2. The van der Waals surface area contributed by atoms with E-state index in [0.717, 1.165) is 6.42 Å². The number of hydrogen-bond donors (Lipinski definition) is 5. The Bertz CT molecular complexity index is 873. The third-order valence-corrected chi connectivity index (χ3v) is 7.25. The maximum Gasteiger partial charge on any atom is 0.322 e. The van der Waals surface area contributed by atoms with E-state index >= 15 is 0 Å². The number of carboxylic acids is 2. The fourth-order valence-electron chi connectivity index (χ4n) is 3.77. The molecule has 13 nitrogen and oxygen atoms in total. The molecule has 1 saturated heterocycles. The third kappa shape index (κ3) is 19.9. The van der Waals surface area contributed by atoms with Crippen LogP contribution in [0.3, 0.4) is 0 Å². The molecule has 0 aromatic heterocycles.